The first kappa shape index (κ1) is 17.0. The maximum Gasteiger partial charge on any atom is 0.261 e. The minimum absolute atomic E-state index is 0.0934. The summed E-state index contributed by atoms with van der Waals surface area (Å²) in [6.45, 7) is 2.87. The molecule has 1 aliphatic carbocycles. The Morgan fingerprint density at radius 1 is 1.17 bits per heavy atom. The fourth-order valence-electron chi connectivity index (χ4n) is 3.25. The van der Waals surface area contributed by atoms with E-state index < -0.39 is 0 Å². The average Bonchev–Trinajstić information content (AvgIpc) is 3.13. The van der Waals surface area contributed by atoms with Crippen LogP contribution in [0.3, 0.4) is 0 Å². The van der Waals surface area contributed by atoms with Gasteiger partial charge in [-0.25, -0.2) is 0 Å². The van der Waals surface area contributed by atoms with E-state index in [-0.39, 0.29) is 12.5 Å². The molecule has 0 radical (unpaired) electrons. The van der Waals surface area contributed by atoms with Crippen LogP contribution in [-0.4, -0.2) is 23.5 Å². The summed E-state index contributed by atoms with van der Waals surface area (Å²) in [6.07, 6.45) is 5.95. The first-order valence-corrected chi connectivity index (χ1v) is 9.61. The molecular formula is C20H25NO2S. The smallest absolute Gasteiger partial charge is 0.261 e. The van der Waals surface area contributed by atoms with Crippen LogP contribution in [0, 0.1) is 6.92 Å². The third kappa shape index (κ3) is 4.60. The van der Waals surface area contributed by atoms with Crippen LogP contribution in [-0.2, 0) is 11.3 Å². The van der Waals surface area contributed by atoms with Gasteiger partial charge in [0, 0.05) is 10.9 Å². The van der Waals surface area contributed by atoms with Gasteiger partial charge in [-0.3, -0.25) is 4.79 Å². The first-order valence-electron chi connectivity index (χ1n) is 8.74. The van der Waals surface area contributed by atoms with E-state index in [0.717, 1.165) is 18.6 Å². The van der Waals surface area contributed by atoms with Gasteiger partial charge in [-0.05, 0) is 43.3 Å². The molecule has 1 aliphatic rings. The third-order valence-electron chi connectivity index (χ3n) is 4.63. The third-order valence-corrected chi connectivity index (χ3v) is 5.49. The molecule has 24 heavy (non-hydrogen) atoms. The molecule has 4 heteroatoms. The molecule has 1 aromatic heterocycles. The number of ether oxygens (including phenoxy) is 1. The van der Waals surface area contributed by atoms with Crippen LogP contribution in [0.4, 0.5) is 0 Å². The minimum Gasteiger partial charge on any atom is -0.484 e. The van der Waals surface area contributed by atoms with Crippen molar-refractivity contribution in [3.8, 4) is 5.75 Å². The van der Waals surface area contributed by atoms with Crippen molar-refractivity contribution in [3.63, 3.8) is 0 Å². The topological polar surface area (TPSA) is 29.5 Å². The standard InChI is InChI=1S/C20H25NO2S/c1-16-9-11-18(12-10-16)23-15-20(22)21(14-19-8-5-13-24-19)17-6-3-2-4-7-17/h5,8-13,17H,2-4,6-7,14-15H2,1H3. The predicted molar refractivity (Wildman–Crippen MR) is 98.4 cm³/mol. The van der Waals surface area contributed by atoms with Gasteiger partial charge in [0.05, 0.1) is 6.54 Å². The van der Waals surface area contributed by atoms with E-state index >= 15 is 0 Å². The predicted octanol–water partition coefficient (Wildman–Crippen LogP) is 4.80. The van der Waals surface area contributed by atoms with Crippen molar-refractivity contribution < 1.29 is 9.53 Å². The second-order valence-electron chi connectivity index (χ2n) is 6.49. The monoisotopic (exact) mass is 343 g/mol. The molecule has 3 nitrogen and oxygen atoms in total. The second-order valence-corrected chi connectivity index (χ2v) is 7.53. The van der Waals surface area contributed by atoms with E-state index in [4.69, 9.17) is 4.74 Å². The molecular weight excluding hydrogens is 318 g/mol. The number of thiophene rings is 1. The number of hydrogen-bond donors (Lipinski definition) is 0. The van der Waals surface area contributed by atoms with Crippen LogP contribution < -0.4 is 4.74 Å². The molecule has 3 rings (SSSR count). The Morgan fingerprint density at radius 3 is 2.58 bits per heavy atom. The summed E-state index contributed by atoms with van der Waals surface area (Å²) in [6, 6.07) is 12.4. The molecule has 0 spiro atoms. The van der Waals surface area contributed by atoms with Crippen LogP contribution in [0.1, 0.15) is 42.5 Å². The highest BCUT2D eigenvalue weighted by atomic mass is 32.1. The van der Waals surface area contributed by atoms with Gasteiger partial charge >= 0.3 is 0 Å². The Kier molecular flexibility index (Phi) is 5.91. The summed E-state index contributed by atoms with van der Waals surface area (Å²) in [7, 11) is 0. The van der Waals surface area contributed by atoms with Crippen molar-refractivity contribution in [2.24, 2.45) is 0 Å². The molecule has 1 aromatic carbocycles. The highest BCUT2D eigenvalue weighted by Gasteiger charge is 2.26. The molecule has 0 unspecified atom stereocenters. The lowest BCUT2D eigenvalue weighted by Gasteiger charge is -2.34. The number of aryl methyl sites for hydroxylation is 1. The Bertz CT molecular complexity index is 630. The summed E-state index contributed by atoms with van der Waals surface area (Å²) < 4.78 is 5.73. The van der Waals surface area contributed by atoms with Gasteiger partial charge in [-0.2, -0.15) is 0 Å². The number of carbonyl (C=O) groups is 1. The number of carbonyl (C=O) groups excluding carboxylic acids is 1. The largest absolute Gasteiger partial charge is 0.484 e. The number of hydrogen-bond acceptors (Lipinski definition) is 3. The molecule has 0 bridgehead atoms. The summed E-state index contributed by atoms with van der Waals surface area (Å²) in [4.78, 5) is 16.1. The maximum atomic E-state index is 12.8. The maximum absolute atomic E-state index is 12.8. The van der Waals surface area contributed by atoms with Crippen molar-refractivity contribution in [3.05, 3.63) is 52.2 Å². The molecule has 0 N–H and O–H groups in total. The van der Waals surface area contributed by atoms with Crippen molar-refractivity contribution in [2.45, 2.75) is 51.6 Å². The zero-order valence-electron chi connectivity index (χ0n) is 14.2. The quantitative estimate of drug-likeness (QED) is 0.754. The van der Waals surface area contributed by atoms with Crippen LogP contribution in [0.2, 0.25) is 0 Å². The van der Waals surface area contributed by atoms with Crippen LogP contribution in [0.25, 0.3) is 0 Å². The zero-order valence-corrected chi connectivity index (χ0v) is 15.1. The summed E-state index contributed by atoms with van der Waals surface area (Å²) in [5.74, 6) is 0.851. The molecule has 0 aliphatic heterocycles. The summed E-state index contributed by atoms with van der Waals surface area (Å²) in [5.41, 5.74) is 1.19. The fourth-order valence-corrected chi connectivity index (χ4v) is 3.95. The molecule has 2 aromatic rings. The van der Waals surface area contributed by atoms with E-state index in [1.807, 2.05) is 42.2 Å². The molecule has 0 atom stereocenters. The Labute approximate surface area is 148 Å². The highest BCUT2D eigenvalue weighted by Crippen LogP contribution is 2.25. The highest BCUT2D eigenvalue weighted by molar-refractivity contribution is 7.09. The Hall–Kier alpha value is -1.81. The van der Waals surface area contributed by atoms with Gasteiger partial charge < -0.3 is 9.64 Å². The van der Waals surface area contributed by atoms with Gasteiger partial charge in [0.2, 0.25) is 0 Å². The fraction of sp³-hybridized carbons (Fsp3) is 0.450. The Balaban J connectivity index is 1.64. The number of amides is 1. The van der Waals surface area contributed by atoms with Gasteiger partial charge in [0.15, 0.2) is 6.61 Å². The van der Waals surface area contributed by atoms with Crippen molar-refractivity contribution in [1.82, 2.24) is 4.90 Å². The number of nitrogens with zero attached hydrogens (tertiary/aromatic N) is 1. The van der Waals surface area contributed by atoms with Crippen molar-refractivity contribution >= 4 is 17.2 Å². The van der Waals surface area contributed by atoms with E-state index in [1.54, 1.807) is 11.3 Å². The SMILES string of the molecule is Cc1ccc(OCC(=O)N(Cc2cccs2)C2CCCCC2)cc1. The second kappa shape index (κ2) is 8.34. The van der Waals surface area contributed by atoms with Gasteiger partial charge in [0.1, 0.15) is 5.75 Å². The van der Waals surface area contributed by atoms with E-state index in [9.17, 15) is 4.79 Å². The average molecular weight is 343 g/mol. The van der Waals surface area contributed by atoms with Crippen molar-refractivity contribution in [1.29, 1.82) is 0 Å². The molecule has 1 fully saturated rings. The van der Waals surface area contributed by atoms with E-state index in [0.29, 0.717) is 12.6 Å². The molecule has 0 saturated heterocycles. The lowest BCUT2D eigenvalue weighted by atomic mass is 9.94. The van der Waals surface area contributed by atoms with Gasteiger partial charge in [-0.15, -0.1) is 11.3 Å². The van der Waals surface area contributed by atoms with Crippen molar-refractivity contribution in [2.75, 3.05) is 6.61 Å². The van der Waals surface area contributed by atoms with Gasteiger partial charge in [-0.1, -0.05) is 43.0 Å². The van der Waals surface area contributed by atoms with Crippen LogP contribution >= 0.6 is 11.3 Å². The number of benzene rings is 1. The Morgan fingerprint density at radius 2 is 1.92 bits per heavy atom. The lowest BCUT2D eigenvalue weighted by Crippen LogP contribution is -2.43. The molecule has 1 saturated carbocycles. The summed E-state index contributed by atoms with van der Waals surface area (Å²) in [5, 5.41) is 2.07. The molecule has 128 valence electrons. The van der Waals surface area contributed by atoms with Gasteiger partial charge in [0.25, 0.3) is 5.91 Å². The lowest BCUT2D eigenvalue weighted by molar-refractivity contribution is -0.137. The van der Waals surface area contributed by atoms with Crippen LogP contribution in [0.5, 0.6) is 5.75 Å². The summed E-state index contributed by atoms with van der Waals surface area (Å²) >= 11 is 1.71. The number of rotatable bonds is 6. The zero-order chi connectivity index (χ0) is 16.8. The first-order chi connectivity index (χ1) is 11.7. The van der Waals surface area contributed by atoms with E-state index in [2.05, 4.69) is 11.4 Å². The minimum atomic E-state index is 0.0934. The molecule has 1 amide bonds. The van der Waals surface area contributed by atoms with E-state index in [1.165, 1.54) is 29.7 Å². The normalized spacial score (nSPS) is 15.2. The van der Waals surface area contributed by atoms with Crippen LogP contribution in [0.15, 0.2) is 41.8 Å². The molecule has 1 heterocycles.